The van der Waals surface area contributed by atoms with Gasteiger partial charge in [-0.2, -0.15) is 13.2 Å². The van der Waals surface area contributed by atoms with Crippen LogP contribution in [0, 0.1) is 5.92 Å². The predicted molar refractivity (Wildman–Crippen MR) is 117 cm³/mol. The fraction of sp³-hybridized carbons (Fsp3) is 0.611. The van der Waals surface area contributed by atoms with Crippen LogP contribution in [0.3, 0.4) is 0 Å². The number of hydrogen-bond acceptors (Lipinski definition) is 3. The van der Waals surface area contributed by atoms with E-state index in [2.05, 4.69) is 27.3 Å². The topological polar surface area (TPSA) is 30.9 Å². The molecule has 0 amide bonds. The van der Waals surface area contributed by atoms with E-state index < -0.39 is 12.7 Å². The minimum Gasteiger partial charge on any atom is -0.355 e. The third kappa shape index (κ3) is 9.38. The molecule has 1 fully saturated rings. The Kier molecular flexibility index (Phi) is 10.8. The van der Waals surface area contributed by atoms with Crippen molar-refractivity contribution in [3.63, 3.8) is 0 Å². The molecule has 1 aliphatic rings. The fourth-order valence-corrected chi connectivity index (χ4v) is 4.02. The summed E-state index contributed by atoms with van der Waals surface area (Å²) in [6.07, 6.45) is -3.05. The zero-order valence-electron chi connectivity index (χ0n) is 15.7. The van der Waals surface area contributed by atoms with Crippen molar-refractivity contribution in [3.05, 3.63) is 30.3 Å². The highest BCUT2D eigenvalue weighted by molar-refractivity contribution is 14.0. The first kappa shape index (κ1) is 24.4. The van der Waals surface area contributed by atoms with Crippen molar-refractivity contribution in [3.8, 4) is 0 Å². The Morgan fingerprint density at radius 2 is 2.04 bits per heavy atom. The summed E-state index contributed by atoms with van der Waals surface area (Å²) in [5, 5.41) is 3.18. The maximum atomic E-state index is 12.3. The summed E-state index contributed by atoms with van der Waals surface area (Å²) in [6, 6.07) is 10.4. The average molecular weight is 516 g/mol. The molecule has 1 saturated heterocycles. The van der Waals surface area contributed by atoms with E-state index >= 15 is 0 Å². The van der Waals surface area contributed by atoms with Gasteiger partial charge in [0.2, 0.25) is 0 Å². The Hall–Kier alpha value is -0.680. The van der Waals surface area contributed by atoms with Crippen LogP contribution in [0.15, 0.2) is 40.2 Å². The molecule has 1 unspecified atom stereocenters. The van der Waals surface area contributed by atoms with E-state index in [0.717, 1.165) is 31.2 Å². The number of aliphatic imine (C=N–C) groups is 1. The standard InChI is InChI=1S/C18H27F3N4S.HI/c1-22-17(23-9-11-24(2)14-18(19,20)21)25-10-8-15(12-25)13-26-16-6-4-3-5-7-16;/h3-7,15H,8-14H2,1-2H3,(H,22,23);1H. The lowest BCUT2D eigenvalue weighted by molar-refractivity contribution is -0.142. The summed E-state index contributed by atoms with van der Waals surface area (Å²) in [7, 11) is 3.19. The van der Waals surface area contributed by atoms with Crippen LogP contribution >= 0.6 is 35.7 Å². The van der Waals surface area contributed by atoms with E-state index in [4.69, 9.17) is 0 Å². The second-order valence-electron chi connectivity index (χ2n) is 6.55. The first-order chi connectivity index (χ1) is 12.4. The van der Waals surface area contributed by atoms with Crippen molar-refractivity contribution in [1.82, 2.24) is 15.1 Å². The van der Waals surface area contributed by atoms with Crippen LogP contribution in [0.2, 0.25) is 0 Å². The SMILES string of the molecule is CN=C(NCCN(C)CC(F)(F)F)N1CCC(CSc2ccccc2)C1.I. The molecule has 0 bridgehead atoms. The van der Waals surface area contributed by atoms with Crippen molar-refractivity contribution >= 4 is 41.7 Å². The molecule has 9 heteroatoms. The lowest BCUT2D eigenvalue weighted by Crippen LogP contribution is -2.44. The van der Waals surface area contributed by atoms with E-state index in [1.54, 1.807) is 7.05 Å². The van der Waals surface area contributed by atoms with Gasteiger partial charge < -0.3 is 10.2 Å². The van der Waals surface area contributed by atoms with Crippen LogP contribution in [0.5, 0.6) is 0 Å². The summed E-state index contributed by atoms with van der Waals surface area (Å²) in [4.78, 5) is 9.02. The normalized spacial score (nSPS) is 17.9. The van der Waals surface area contributed by atoms with Crippen molar-refractivity contribution in [2.45, 2.75) is 17.5 Å². The van der Waals surface area contributed by atoms with E-state index in [9.17, 15) is 13.2 Å². The van der Waals surface area contributed by atoms with Gasteiger partial charge in [0.1, 0.15) is 0 Å². The molecule has 1 heterocycles. The number of thioether (sulfide) groups is 1. The number of alkyl halides is 3. The van der Waals surface area contributed by atoms with Crippen LogP contribution in [-0.4, -0.2) is 74.5 Å². The molecule has 0 aromatic heterocycles. The van der Waals surface area contributed by atoms with Crippen LogP contribution in [0.25, 0.3) is 0 Å². The van der Waals surface area contributed by atoms with Crippen molar-refractivity contribution in [1.29, 1.82) is 0 Å². The van der Waals surface area contributed by atoms with Gasteiger partial charge in [0, 0.05) is 43.9 Å². The molecule has 0 aliphatic carbocycles. The summed E-state index contributed by atoms with van der Waals surface area (Å²) in [6.45, 7) is 1.73. The zero-order chi connectivity index (χ0) is 19.0. The highest BCUT2D eigenvalue weighted by atomic mass is 127. The Morgan fingerprint density at radius 1 is 1.33 bits per heavy atom. The Morgan fingerprint density at radius 3 is 2.67 bits per heavy atom. The lowest BCUT2D eigenvalue weighted by atomic mass is 10.2. The number of benzene rings is 1. The van der Waals surface area contributed by atoms with E-state index in [-0.39, 0.29) is 24.0 Å². The van der Waals surface area contributed by atoms with Gasteiger partial charge in [-0.3, -0.25) is 9.89 Å². The maximum absolute atomic E-state index is 12.3. The summed E-state index contributed by atoms with van der Waals surface area (Å²) in [5.41, 5.74) is 0. The van der Waals surface area contributed by atoms with Gasteiger partial charge in [0.15, 0.2) is 5.96 Å². The highest BCUT2D eigenvalue weighted by Crippen LogP contribution is 2.25. The molecular formula is C18H28F3IN4S. The summed E-state index contributed by atoms with van der Waals surface area (Å²) in [5.74, 6) is 2.43. The Balaban J connectivity index is 0.00000364. The van der Waals surface area contributed by atoms with E-state index in [1.807, 2.05) is 30.0 Å². The van der Waals surface area contributed by atoms with Gasteiger partial charge in [0.05, 0.1) is 6.54 Å². The third-order valence-corrected chi connectivity index (χ3v) is 5.50. The van der Waals surface area contributed by atoms with Crippen LogP contribution < -0.4 is 5.32 Å². The van der Waals surface area contributed by atoms with Crippen LogP contribution in [0.4, 0.5) is 13.2 Å². The number of hydrogen-bond donors (Lipinski definition) is 1. The lowest BCUT2D eigenvalue weighted by Gasteiger charge is -2.23. The minimum absolute atomic E-state index is 0. The number of nitrogens with zero attached hydrogens (tertiary/aromatic N) is 3. The average Bonchev–Trinajstić information content (AvgIpc) is 3.05. The molecule has 1 aromatic carbocycles. The molecule has 0 spiro atoms. The van der Waals surface area contributed by atoms with E-state index in [1.165, 1.54) is 16.8 Å². The molecule has 154 valence electrons. The summed E-state index contributed by atoms with van der Waals surface area (Å²) < 4.78 is 37.0. The van der Waals surface area contributed by atoms with Gasteiger partial charge in [-0.25, -0.2) is 0 Å². The van der Waals surface area contributed by atoms with Crippen LogP contribution in [0.1, 0.15) is 6.42 Å². The maximum Gasteiger partial charge on any atom is 0.401 e. The number of likely N-dealkylation sites (N-methyl/N-ethyl adjacent to an activating group) is 1. The molecule has 1 aliphatic heterocycles. The largest absolute Gasteiger partial charge is 0.401 e. The second-order valence-corrected chi connectivity index (χ2v) is 7.65. The molecule has 1 N–H and O–H groups in total. The molecule has 0 radical (unpaired) electrons. The van der Waals surface area contributed by atoms with Crippen molar-refractivity contribution in [2.24, 2.45) is 10.9 Å². The first-order valence-corrected chi connectivity index (χ1v) is 9.74. The minimum atomic E-state index is -4.16. The molecule has 1 aromatic rings. The monoisotopic (exact) mass is 516 g/mol. The number of halogens is 4. The number of nitrogens with one attached hydrogen (secondary N) is 1. The third-order valence-electron chi connectivity index (χ3n) is 4.25. The van der Waals surface area contributed by atoms with Crippen LogP contribution in [-0.2, 0) is 0 Å². The van der Waals surface area contributed by atoms with Crippen molar-refractivity contribution < 1.29 is 13.2 Å². The smallest absolute Gasteiger partial charge is 0.355 e. The van der Waals surface area contributed by atoms with Gasteiger partial charge in [-0.1, -0.05) is 18.2 Å². The van der Waals surface area contributed by atoms with E-state index in [0.29, 0.717) is 19.0 Å². The number of guanidine groups is 1. The van der Waals surface area contributed by atoms with Gasteiger partial charge in [-0.05, 0) is 31.5 Å². The van der Waals surface area contributed by atoms with Gasteiger partial charge in [0.25, 0.3) is 0 Å². The Labute approximate surface area is 181 Å². The number of rotatable bonds is 7. The fourth-order valence-electron chi connectivity index (χ4n) is 2.97. The van der Waals surface area contributed by atoms with Crippen molar-refractivity contribution in [2.75, 3.05) is 52.6 Å². The van der Waals surface area contributed by atoms with Gasteiger partial charge in [-0.15, -0.1) is 35.7 Å². The highest BCUT2D eigenvalue weighted by Gasteiger charge is 2.29. The van der Waals surface area contributed by atoms with Gasteiger partial charge >= 0.3 is 6.18 Å². The zero-order valence-corrected chi connectivity index (χ0v) is 18.9. The molecule has 27 heavy (non-hydrogen) atoms. The molecule has 4 nitrogen and oxygen atoms in total. The molecule has 1 atom stereocenters. The predicted octanol–water partition coefficient (Wildman–Crippen LogP) is 3.79. The first-order valence-electron chi connectivity index (χ1n) is 8.76. The second kappa shape index (κ2) is 12.0. The quantitative estimate of drug-likeness (QED) is 0.259. The number of likely N-dealkylation sites (tertiary alicyclic amines) is 1. The molecular weight excluding hydrogens is 488 g/mol. The Bertz CT molecular complexity index is 571. The molecule has 2 rings (SSSR count). The summed E-state index contributed by atoms with van der Waals surface area (Å²) >= 11 is 1.87. The molecule has 0 saturated carbocycles.